The molecule has 0 bridgehead atoms. The van der Waals surface area contributed by atoms with Crippen LogP contribution < -0.4 is 4.74 Å². The predicted octanol–water partition coefficient (Wildman–Crippen LogP) is 2.95. The van der Waals surface area contributed by atoms with Gasteiger partial charge in [0.05, 0.1) is 17.7 Å². The molecular weight excluding hydrogens is 330 g/mol. The molecule has 0 spiro atoms. The number of ether oxygens (including phenoxy) is 1. The van der Waals surface area contributed by atoms with E-state index >= 15 is 0 Å². The summed E-state index contributed by atoms with van der Waals surface area (Å²) in [4.78, 5) is 17.5. The fourth-order valence-corrected chi connectivity index (χ4v) is 3.22. The largest absolute Gasteiger partial charge is 0.482 e. The second-order valence-electron chi connectivity index (χ2n) is 6.42. The minimum Gasteiger partial charge on any atom is -0.482 e. The third-order valence-corrected chi connectivity index (χ3v) is 4.45. The number of nitrogens with zero attached hydrogens (tertiary/aromatic N) is 3. The highest BCUT2D eigenvalue weighted by atomic mass is 16.5. The molecule has 1 aromatic carbocycles. The molecule has 0 amide bonds. The Morgan fingerprint density at radius 3 is 3.00 bits per heavy atom. The number of hydrogen-bond acceptors (Lipinski definition) is 5. The molecule has 1 aliphatic heterocycles. The summed E-state index contributed by atoms with van der Waals surface area (Å²) < 4.78 is 5.47. The number of carboxylic acid groups (broad SMARTS) is 1. The van der Waals surface area contributed by atoms with Crippen LogP contribution in [0.4, 0.5) is 0 Å². The first-order valence-electron chi connectivity index (χ1n) is 8.66. The minimum absolute atomic E-state index is 0.0473. The lowest BCUT2D eigenvalue weighted by Gasteiger charge is -2.30. The van der Waals surface area contributed by atoms with Crippen LogP contribution in [0.1, 0.15) is 18.4 Å². The van der Waals surface area contributed by atoms with Crippen LogP contribution in [-0.4, -0.2) is 40.7 Å². The van der Waals surface area contributed by atoms with E-state index in [1.54, 1.807) is 12.3 Å². The highest BCUT2D eigenvalue weighted by molar-refractivity contribution is 5.69. The first-order chi connectivity index (χ1) is 12.7. The van der Waals surface area contributed by atoms with Gasteiger partial charge in [-0.15, -0.1) is 0 Å². The van der Waals surface area contributed by atoms with Crippen molar-refractivity contribution in [2.75, 3.05) is 19.7 Å². The average molecular weight is 351 g/mol. The third-order valence-electron chi connectivity index (χ3n) is 4.45. The van der Waals surface area contributed by atoms with Crippen LogP contribution in [-0.2, 0) is 11.3 Å². The highest BCUT2D eigenvalue weighted by Gasteiger charge is 2.21. The quantitative estimate of drug-likeness (QED) is 0.861. The Morgan fingerprint density at radius 1 is 1.38 bits per heavy atom. The van der Waals surface area contributed by atoms with Crippen molar-refractivity contribution in [2.24, 2.45) is 5.92 Å². The van der Waals surface area contributed by atoms with Crippen LogP contribution in [0.15, 0.2) is 42.6 Å². The van der Waals surface area contributed by atoms with Gasteiger partial charge in [-0.2, -0.15) is 5.26 Å². The molecule has 0 unspecified atom stereocenters. The molecule has 0 saturated carbocycles. The zero-order valence-corrected chi connectivity index (χ0v) is 14.5. The van der Waals surface area contributed by atoms with E-state index < -0.39 is 5.97 Å². The molecular formula is C20H21N3O3. The number of aromatic nitrogens is 1. The van der Waals surface area contributed by atoms with E-state index in [2.05, 4.69) is 16.0 Å². The van der Waals surface area contributed by atoms with Gasteiger partial charge in [0.2, 0.25) is 0 Å². The number of piperidine rings is 1. The van der Waals surface area contributed by atoms with E-state index in [0.717, 1.165) is 42.8 Å². The molecule has 6 heteroatoms. The summed E-state index contributed by atoms with van der Waals surface area (Å²) in [6, 6.07) is 13.8. The molecule has 1 fully saturated rings. The number of carbonyl (C=O) groups is 1. The first-order valence-corrected chi connectivity index (χ1v) is 8.66. The van der Waals surface area contributed by atoms with Crippen molar-refractivity contribution in [3.05, 3.63) is 48.2 Å². The van der Waals surface area contributed by atoms with Gasteiger partial charge in [-0.3, -0.25) is 9.88 Å². The number of pyridine rings is 1. The Labute approximate surface area is 152 Å². The SMILES string of the molecule is N#C[C@H]1CCCN(Cc2cc(-c3ccccn3)ccc2OCC(=O)O)C1. The topological polar surface area (TPSA) is 86.5 Å². The Balaban J connectivity index is 1.85. The first kappa shape index (κ1) is 17.9. The van der Waals surface area contributed by atoms with Crippen LogP contribution in [0.5, 0.6) is 5.75 Å². The molecule has 2 aromatic rings. The number of nitriles is 1. The van der Waals surface area contributed by atoms with Gasteiger partial charge in [0, 0.05) is 30.4 Å². The summed E-state index contributed by atoms with van der Waals surface area (Å²) in [5.41, 5.74) is 2.72. The predicted molar refractivity (Wildman–Crippen MR) is 96.4 cm³/mol. The molecule has 1 N–H and O–H groups in total. The molecule has 26 heavy (non-hydrogen) atoms. The Kier molecular flexibility index (Phi) is 5.82. The van der Waals surface area contributed by atoms with E-state index in [9.17, 15) is 10.1 Å². The van der Waals surface area contributed by atoms with Crippen LogP contribution in [0.25, 0.3) is 11.3 Å². The molecule has 2 heterocycles. The van der Waals surface area contributed by atoms with Gasteiger partial charge in [-0.1, -0.05) is 6.07 Å². The fourth-order valence-electron chi connectivity index (χ4n) is 3.22. The average Bonchev–Trinajstić information content (AvgIpc) is 2.67. The van der Waals surface area contributed by atoms with Crippen molar-refractivity contribution < 1.29 is 14.6 Å². The maximum absolute atomic E-state index is 10.9. The third kappa shape index (κ3) is 4.58. The lowest BCUT2D eigenvalue weighted by molar-refractivity contribution is -0.139. The van der Waals surface area contributed by atoms with Crippen LogP contribution >= 0.6 is 0 Å². The smallest absolute Gasteiger partial charge is 0.341 e. The monoisotopic (exact) mass is 351 g/mol. The second-order valence-corrected chi connectivity index (χ2v) is 6.42. The fraction of sp³-hybridized carbons (Fsp3) is 0.350. The van der Waals surface area contributed by atoms with Gasteiger partial charge in [0.1, 0.15) is 5.75 Å². The molecule has 1 atom stereocenters. The molecule has 1 aromatic heterocycles. The van der Waals surface area contributed by atoms with E-state index in [-0.39, 0.29) is 12.5 Å². The van der Waals surface area contributed by atoms with Gasteiger partial charge in [-0.25, -0.2) is 4.79 Å². The summed E-state index contributed by atoms with van der Waals surface area (Å²) in [7, 11) is 0. The summed E-state index contributed by atoms with van der Waals surface area (Å²) >= 11 is 0. The van der Waals surface area contributed by atoms with Crippen molar-refractivity contribution in [1.82, 2.24) is 9.88 Å². The molecule has 134 valence electrons. The molecule has 6 nitrogen and oxygen atoms in total. The number of likely N-dealkylation sites (tertiary alicyclic amines) is 1. The second kappa shape index (κ2) is 8.45. The molecule has 0 radical (unpaired) electrons. The van der Waals surface area contributed by atoms with E-state index in [4.69, 9.17) is 9.84 Å². The van der Waals surface area contributed by atoms with Crippen LogP contribution in [0.3, 0.4) is 0 Å². The standard InChI is InChI=1S/C20H21N3O3/c21-11-15-4-3-9-23(12-15)13-17-10-16(18-5-1-2-8-22-18)6-7-19(17)26-14-20(24)25/h1-2,5-8,10,15H,3-4,9,12-14H2,(H,24,25)/t15-/m1/s1. The summed E-state index contributed by atoms with van der Waals surface area (Å²) in [5.74, 6) is -0.399. The van der Waals surface area contributed by atoms with Crippen LogP contribution in [0, 0.1) is 17.2 Å². The number of carboxylic acids is 1. The minimum atomic E-state index is -1.01. The zero-order valence-electron chi connectivity index (χ0n) is 14.5. The van der Waals surface area contributed by atoms with Gasteiger partial charge in [0.25, 0.3) is 0 Å². The summed E-state index contributed by atoms with van der Waals surface area (Å²) in [6.45, 7) is 1.89. The van der Waals surface area contributed by atoms with Gasteiger partial charge < -0.3 is 9.84 Å². The van der Waals surface area contributed by atoms with Gasteiger partial charge in [0.15, 0.2) is 6.61 Å². The number of benzene rings is 1. The normalized spacial score (nSPS) is 17.4. The van der Waals surface area contributed by atoms with Crippen molar-refractivity contribution >= 4 is 5.97 Å². The van der Waals surface area contributed by atoms with Gasteiger partial charge >= 0.3 is 5.97 Å². The van der Waals surface area contributed by atoms with Gasteiger partial charge in [-0.05, 0) is 49.7 Å². The van der Waals surface area contributed by atoms with Crippen molar-refractivity contribution in [3.63, 3.8) is 0 Å². The lowest BCUT2D eigenvalue weighted by atomic mass is 9.98. The molecule has 3 rings (SSSR count). The molecule has 0 aliphatic carbocycles. The molecule has 1 saturated heterocycles. The van der Waals surface area contributed by atoms with E-state index in [0.29, 0.717) is 12.3 Å². The van der Waals surface area contributed by atoms with E-state index in [1.165, 1.54) is 0 Å². The maximum atomic E-state index is 10.9. The van der Waals surface area contributed by atoms with E-state index in [1.807, 2.05) is 30.3 Å². The van der Waals surface area contributed by atoms with Crippen molar-refractivity contribution in [3.8, 4) is 23.1 Å². The Bertz CT molecular complexity index is 802. The highest BCUT2D eigenvalue weighted by Crippen LogP contribution is 2.28. The zero-order chi connectivity index (χ0) is 18.4. The summed E-state index contributed by atoms with van der Waals surface area (Å²) in [6.07, 6.45) is 3.67. The van der Waals surface area contributed by atoms with Crippen LogP contribution in [0.2, 0.25) is 0 Å². The Morgan fingerprint density at radius 2 is 2.27 bits per heavy atom. The maximum Gasteiger partial charge on any atom is 0.341 e. The van der Waals surface area contributed by atoms with Crippen molar-refractivity contribution in [2.45, 2.75) is 19.4 Å². The Hall–Kier alpha value is -2.91. The van der Waals surface area contributed by atoms with Crippen molar-refractivity contribution in [1.29, 1.82) is 5.26 Å². The lowest BCUT2D eigenvalue weighted by Crippen LogP contribution is -2.34. The summed E-state index contributed by atoms with van der Waals surface area (Å²) in [5, 5.41) is 18.1. The number of rotatable bonds is 6. The number of hydrogen-bond donors (Lipinski definition) is 1. The molecule has 1 aliphatic rings. The number of aliphatic carboxylic acids is 1.